The summed E-state index contributed by atoms with van der Waals surface area (Å²) in [4.78, 5) is 43.5. The first-order chi connectivity index (χ1) is 13.7. The second-order valence-electron chi connectivity index (χ2n) is 8.41. The fourth-order valence-corrected chi connectivity index (χ4v) is 4.20. The Morgan fingerprint density at radius 2 is 1.83 bits per heavy atom. The van der Waals surface area contributed by atoms with E-state index in [1.54, 1.807) is 53.1 Å². The van der Waals surface area contributed by atoms with Gasteiger partial charge in [-0.3, -0.25) is 9.59 Å². The Bertz CT molecular complexity index is 797. The molecular formula is C21H30N4O4. The smallest absolute Gasteiger partial charge is 0.317 e. The van der Waals surface area contributed by atoms with Gasteiger partial charge in [0, 0.05) is 63.2 Å². The van der Waals surface area contributed by atoms with Crippen molar-refractivity contribution < 1.29 is 19.1 Å². The molecule has 1 aromatic carbocycles. The minimum atomic E-state index is -0.467. The van der Waals surface area contributed by atoms with Crippen molar-refractivity contribution in [2.45, 2.75) is 26.3 Å². The van der Waals surface area contributed by atoms with Gasteiger partial charge in [0.2, 0.25) is 5.91 Å². The van der Waals surface area contributed by atoms with E-state index in [4.69, 9.17) is 4.74 Å². The fourth-order valence-electron chi connectivity index (χ4n) is 4.20. The van der Waals surface area contributed by atoms with E-state index in [-0.39, 0.29) is 23.9 Å². The summed E-state index contributed by atoms with van der Waals surface area (Å²) in [5.41, 5.74) is 0.0720. The number of carbonyl (C=O) groups excluding carboxylic acids is 3. The number of urea groups is 1. The molecule has 1 N–H and O–H groups in total. The highest BCUT2D eigenvalue weighted by Crippen LogP contribution is 2.35. The zero-order valence-electron chi connectivity index (χ0n) is 17.6. The molecule has 3 rings (SSSR count). The van der Waals surface area contributed by atoms with Crippen LogP contribution in [0.25, 0.3) is 0 Å². The highest BCUT2D eigenvalue weighted by atomic mass is 16.5. The summed E-state index contributed by atoms with van der Waals surface area (Å²) in [5, 5.41) is 2.93. The summed E-state index contributed by atoms with van der Waals surface area (Å²) in [6.45, 7) is 6.08. The van der Waals surface area contributed by atoms with Crippen molar-refractivity contribution in [1.82, 2.24) is 20.0 Å². The van der Waals surface area contributed by atoms with Crippen LogP contribution >= 0.6 is 0 Å². The molecule has 2 aliphatic rings. The third kappa shape index (κ3) is 4.63. The van der Waals surface area contributed by atoms with E-state index in [9.17, 15) is 14.4 Å². The van der Waals surface area contributed by atoms with Crippen LogP contribution in [0.15, 0.2) is 24.3 Å². The Kier molecular flexibility index (Phi) is 6.00. The Labute approximate surface area is 171 Å². The normalized spacial score (nSPS) is 22.2. The molecule has 29 heavy (non-hydrogen) atoms. The maximum atomic E-state index is 13.2. The third-order valence-electron chi connectivity index (χ3n) is 5.52. The Morgan fingerprint density at radius 1 is 1.14 bits per heavy atom. The van der Waals surface area contributed by atoms with Gasteiger partial charge in [-0.2, -0.15) is 0 Å². The summed E-state index contributed by atoms with van der Waals surface area (Å²) >= 11 is 0. The molecule has 1 spiro atoms. The van der Waals surface area contributed by atoms with E-state index in [1.807, 2.05) is 13.8 Å². The van der Waals surface area contributed by atoms with Gasteiger partial charge in [0.25, 0.3) is 5.91 Å². The van der Waals surface area contributed by atoms with Gasteiger partial charge >= 0.3 is 6.03 Å². The number of nitrogens with one attached hydrogen (secondary N) is 1. The van der Waals surface area contributed by atoms with Crippen LogP contribution in [0.2, 0.25) is 0 Å². The lowest BCUT2D eigenvalue weighted by Gasteiger charge is -2.33. The number of methoxy groups -OCH3 is 1. The first-order valence-corrected chi connectivity index (χ1v) is 9.96. The molecule has 158 valence electrons. The van der Waals surface area contributed by atoms with Gasteiger partial charge in [0.05, 0.1) is 7.11 Å². The van der Waals surface area contributed by atoms with Gasteiger partial charge in [-0.05, 0) is 32.0 Å². The molecule has 8 nitrogen and oxygen atoms in total. The van der Waals surface area contributed by atoms with Crippen molar-refractivity contribution >= 4 is 17.8 Å². The van der Waals surface area contributed by atoms with Crippen LogP contribution in [0.3, 0.4) is 0 Å². The zero-order chi connectivity index (χ0) is 21.2. The van der Waals surface area contributed by atoms with Crippen molar-refractivity contribution in [2.24, 2.45) is 5.41 Å². The number of benzene rings is 1. The summed E-state index contributed by atoms with van der Waals surface area (Å²) in [7, 11) is 3.34. The highest BCUT2D eigenvalue weighted by Gasteiger charge is 2.47. The number of amides is 4. The Balaban J connectivity index is 1.86. The highest BCUT2D eigenvalue weighted by molar-refractivity contribution is 5.95. The van der Waals surface area contributed by atoms with Gasteiger partial charge in [-0.25, -0.2) is 4.79 Å². The number of carbonyl (C=O) groups is 3. The zero-order valence-corrected chi connectivity index (χ0v) is 17.6. The Morgan fingerprint density at radius 3 is 2.45 bits per heavy atom. The monoisotopic (exact) mass is 402 g/mol. The predicted molar refractivity (Wildman–Crippen MR) is 109 cm³/mol. The van der Waals surface area contributed by atoms with Crippen LogP contribution in [0.4, 0.5) is 4.79 Å². The molecule has 1 aromatic rings. The van der Waals surface area contributed by atoms with Crippen LogP contribution in [-0.2, 0) is 4.79 Å². The molecule has 2 fully saturated rings. The largest absolute Gasteiger partial charge is 0.497 e. The van der Waals surface area contributed by atoms with E-state index in [2.05, 4.69) is 5.32 Å². The fraction of sp³-hybridized carbons (Fsp3) is 0.571. The van der Waals surface area contributed by atoms with Gasteiger partial charge in [0.15, 0.2) is 0 Å². The Hall–Kier alpha value is -2.77. The first-order valence-electron chi connectivity index (χ1n) is 9.96. The molecule has 2 aliphatic heterocycles. The van der Waals surface area contributed by atoms with E-state index in [0.717, 1.165) is 0 Å². The lowest BCUT2D eigenvalue weighted by atomic mass is 9.86. The van der Waals surface area contributed by atoms with Gasteiger partial charge < -0.3 is 24.8 Å². The van der Waals surface area contributed by atoms with E-state index in [1.165, 1.54) is 0 Å². The van der Waals surface area contributed by atoms with Gasteiger partial charge in [-0.15, -0.1) is 0 Å². The van der Waals surface area contributed by atoms with E-state index >= 15 is 0 Å². The molecule has 0 saturated carbocycles. The van der Waals surface area contributed by atoms with E-state index in [0.29, 0.717) is 50.5 Å². The first kappa shape index (κ1) is 21.0. The molecular weight excluding hydrogens is 372 g/mol. The van der Waals surface area contributed by atoms with E-state index < -0.39 is 5.41 Å². The van der Waals surface area contributed by atoms with Gasteiger partial charge in [0.1, 0.15) is 5.75 Å². The molecule has 2 saturated heterocycles. The summed E-state index contributed by atoms with van der Waals surface area (Å²) < 4.78 is 5.24. The van der Waals surface area contributed by atoms with Crippen molar-refractivity contribution in [3.63, 3.8) is 0 Å². The molecule has 2 heterocycles. The van der Waals surface area contributed by atoms with Crippen molar-refractivity contribution in [3.05, 3.63) is 29.8 Å². The van der Waals surface area contributed by atoms with Crippen LogP contribution in [-0.4, -0.2) is 85.5 Å². The average molecular weight is 402 g/mol. The second kappa shape index (κ2) is 8.31. The molecule has 0 unspecified atom stereocenters. The van der Waals surface area contributed by atoms with Crippen LogP contribution in [0, 0.1) is 5.41 Å². The summed E-state index contributed by atoms with van der Waals surface area (Å²) in [6.07, 6.45) is 0.330. The average Bonchev–Trinajstić information content (AvgIpc) is 2.84. The van der Waals surface area contributed by atoms with Crippen LogP contribution < -0.4 is 10.1 Å². The SMILES string of the molecule is COc1cccc(C(=O)N2CCN(C(=O)NC(C)C)C[C@@]3(CC(=O)N(C)C3)C2)c1. The summed E-state index contributed by atoms with van der Waals surface area (Å²) in [6, 6.07) is 6.92. The number of likely N-dealkylation sites (tertiary alicyclic amines) is 1. The maximum Gasteiger partial charge on any atom is 0.317 e. The number of ether oxygens (including phenoxy) is 1. The lowest BCUT2D eigenvalue weighted by molar-refractivity contribution is -0.126. The molecule has 4 amide bonds. The minimum absolute atomic E-state index is 0.0177. The van der Waals surface area contributed by atoms with Crippen molar-refractivity contribution in [3.8, 4) is 5.75 Å². The standard InChI is InChI=1S/C21H30N4O4/c1-15(2)22-20(28)25-9-8-24(13-21(14-25)11-18(26)23(3)12-21)19(27)16-6-5-7-17(10-16)29-4/h5-7,10,15H,8-9,11-14H2,1-4H3,(H,22,28)/t21-/m1/s1. The molecule has 8 heteroatoms. The number of hydrogen-bond donors (Lipinski definition) is 1. The topological polar surface area (TPSA) is 82.2 Å². The molecule has 0 aliphatic carbocycles. The maximum absolute atomic E-state index is 13.2. The molecule has 0 aromatic heterocycles. The van der Waals surface area contributed by atoms with Crippen molar-refractivity contribution in [1.29, 1.82) is 0 Å². The number of nitrogens with zero attached hydrogens (tertiary/aromatic N) is 3. The molecule has 0 bridgehead atoms. The quantitative estimate of drug-likeness (QED) is 0.829. The minimum Gasteiger partial charge on any atom is -0.497 e. The molecule has 0 radical (unpaired) electrons. The van der Waals surface area contributed by atoms with Crippen LogP contribution in [0.1, 0.15) is 30.6 Å². The summed E-state index contributed by atoms with van der Waals surface area (Å²) in [5.74, 6) is 0.551. The van der Waals surface area contributed by atoms with Crippen molar-refractivity contribution in [2.75, 3.05) is 46.9 Å². The predicted octanol–water partition coefficient (Wildman–Crippen LogP) is 1.42. The van der Waals surface area contributed by atoms with Crippen LogP contribution in [0.5, 0.6) is 5.75 Å². The lowest BCUT2D eigenvalue weighted by Crippen LogP contribution is -2.49. The number of hydrogen-bond acceptors (Lipinski definition) is 4. The second-order valence-corrected chi connectivity index (χ2v) is 8.41. The molecule has 1 atom stereocenters. The van der Waals surface area contributed by atoms with Gasteiger partial charge in [-0.1, -0.05) is 6.07 Å². The third-order valence-corrected chi connectivity index (χ3v) is 5.52. The number of rotatable bonds is 3.